The first kappa shape index (κ1) is 21.5. The molecule has 0 aliphatic heterocycles. The third-order valence-electron chi connectivity index (χ3n) is 4.40. The molecule has 3 rings (SSSR count). The van der Waals surface area contributed by atoms with E-state index in [1.165, 1.54) is 35.1 Å². The van der Waals surface area contributed by atoms with Gasteiger partial charge < -0.3 is 0 Å². The van der Waals surface area contributed by atoms with Crippen molar-refractivity contribution >= 4 is 43.8 Å². The third kappa shape index (κ3) is 5.44. The highest BCUT2D eigenvalue weighted by atomic mass is 35.5. The molecule has 1 heterocycles. The molecule has 0 fully saturated rings. The molecule has 0 saturated heterocycles. The van der Waals surface area contributed by atoms with Crippen LogP contribution in [-0.4, -0.2) is 25.6 Å². The molecule has 0 aliphatic rings. The molecule has 0 bridgehead atoms. The van der Waals surface area contributed by atoms with Crippen LogP contribution in [0.1, 0.15) is 35.7 Å². The number of nitrogens with one attached hydrogen (secondary N) is 1. The molecule has 2 aromatic carbocycles. The minimum atomic E-state index is -3.44. The number of rotatable bonds is 7. The second-order valence-electron chi connectivity index (χ2n) is 6.71. The van der Waals surface area contributed by atoms with E-state index < -0.39 is 15.7 Å². The Hall–Kier alpha value is -2.22. The molecular formula is C21H21ClN2O3S2. The van der Waals surface area contributed by atoms with Crippen molar-refractivity contribution in [3.05, 3.63) is 64.0 Å². The Bertz CT molecular complexity index is 1120. The maximum Gasteiger partial charge on any atom is 0.259 e. The zero-order valence-electron chi connectivity index (χ0n) is 16.1. The van der Waals surface area contributed by atoms with Crippen LogP contribution in [-0.2, 0) is 16.3 Å². The normalized spacial score (nSPS) is 11.4. The quantitative estimate of drug-likeness (QED) is 0.520. The SMILES string of the molecule is CCCCc1ccc(-c2csc(NC(=O)c3cc(S(C)(=O)=O)ccc3Cl)n2)cc1. The Labute approximate surface area is 179 Å². The van der Waals surface area contributed by atoms with Gasteiger partial charge in [-0.15, -0.1) is 11.3 Å². The lowest BCUT2D eigenvalue weighted by Gasteiger charge is -2.06. The van der Waals surface area contributed by atoms with Crippen molar-refractivity contribution < 1.29 is 13.2 Å². The Morgan fingerprint density at radius 3 is 2.55 bits per heavy atom. The second kappa shape index (κ2) is 9.07. The smallest absolute Gasteiger partial charge is 0.259 e. The van der Waals surface area contributed by atoms with E-state index in [1.807, 2.05) is 17.5 Å². The van der Waals surface area contributed by atoms with E-state index in [2.05, 4.69) is 29.4 Å². The largest absolute Gasteiger partial charge is 0.298 e. The number of thiazole rings is 1. The fourth-order valence-electron chi connectivity index (χ4n) is 2.76. The van der Waals surface area contributed by atoms with Gasteiger partial charge in [0.15, 0.2) is 15.0 Å². The molecule has 0 atom stereocenters. The number of aromatic nitrogens is 1. The number of hydrogen-bond donors (Lipinski definition) is 1. The molecule has 8 heteroatoms. The molecule has 0 unspecified atom stereocenters. The number of carbonyl (C=O) groups is 1. The predicted octanol–water partition coefficient (Wildman–Crippen LogP) is 5.46. The minimum Gasteiger partial charge on any atom is -0.298 e. The number of unbranched alkanes of at least 4 members (excludes halogenated alkanes) is 1. The highest BCUT2D eigenvalue weighted by Crippen LogP contribution is 2.27. The highest BCUT2D eigenvalue weighted by molar-refractivity contribution is 7.90. The first-order valence-corrected chi connectivity index (χ1v) is 12.3. The van der Waals surface area contributed by atoms with Gasteiger partial charge >= 0.3 is 0 Å². The van der Waals surface area contributed by atoms with Gasteiger partial charge in [-0.25, -0.2) is 13.4 Å². The molecular weight excluding hydrogens is 428 g/mol. The van der Waals surface area contributed by atoms with Crippen LogP contribution in [0.3, 0.4) is 0 Å². The number of benzene rings is 2. The van der Waals surface area contributed by atoms with Gasteiger partial charge in [-0.3, -0.25) is 10.1 Å². The summed E-state index contributed by atoms with van der Waals surface area (Å²) in [4.78, 5) is 17.1. The van der Waals surface area contributed by atoms with Crippen LogP contribution < -0.4 is 5.32 Å². The Morgan fingerprint density at radius 1 is 1.17 bits per heavy atom. The summed E-state index contributed by atoms with van der Waals surface area (Å²) < 4.78 is 23.5. The van der Waals surface area contributed by atoms with E-state index >= 15 is 0 Å². The Morgan fingerprint density at radius 2 is 1.90 bits per heavy atom. The summed E-state index contributed by atoms with van der Waals surface area (Å²) in [6.45, 7) is 2.17. The molecule has 152 valence electrons. The van der Waals surface area contributed by atoms with Gasteiger partial charge in [-0.05, 0) is 36.6 Å². The van der Waals surface area contributed by atoms with Gasteiger partial charge in [0.1, 0.15) is 0 Å². The fraction of sp³-hybridized carbons (Fsp3) is 0.238. The molecule has 0 aliphatic carbocycles. The molecule has 5 nitrogen and oxygen atoms in total. The van der Waals surface area contributed by atoms with Gasteiger partial charge in [0.25, 0.3) is 5.91 Å². The number of nitrogens with zero attached hydrogens (tertiary/aromatic N) is 1. The zero-order valence-corrected chi connectivity index (χ0v) is 18.5. The number of anilines is 1. The molecule has 1 aromatic heterocycles. The second-order valence-corrected chi connectivity index (χ2v) is 9.99. The van der Waals surface area contributed by atoms with Crippen molar-refractivity contribution in [2.24, 2.45) is 0 Å². The molecule has 1 N–H and O–H groups in total. The molecule has 0 saturated carbocycles. The van der Waals surface area contributed by atoms with Crippen LogP contribution >= 0.6 is 22.9 Å². The molecule has 0 radical (unpaired) electrons. The van der Waals surface area contributed by atoms with Gasteiger partial charge in [-0.1, -0.05) is 49.2 Å². The van der Waals surface area contributed by atoms with Crippen LogP contribution in [0, 0.1) is 0 Å². The molecule has 1 amide bonds. The molecule has 29 heavy (non-hydrogen) atoms. The maximum atomic E-state index is 12.6. The Kier molecular flexibility index (Phi) is 6.72. The van der Waals surface area contributed by atoms with Crippen molar-refractivity contribution in [2.45, 2.75) is 31.1 Å². The van der Waals surface area contributed by atoms with E-state index in [9.17, 15) is 13.2 Å². The van der Waals surface area contributed by atoms with Crippen LogP contribution in [0.2, 0.25) is 5.02 Å². The van der Waals surface area contributed by atoms with E-state index in [1.54, 1.807) is 0 Å². The summed E-state index contributed by atoms with van der Waals surface area (Å²) in [5.74, 6) is -0.503. The first-order valence-electron chi connectivity index (χ1n) is 9.13. The molecule has 3 aromatic rings. The number of amides is 1. The van der Waals surface area contributed by atoms with Crippen LogP contribution in [0.5, 0.6) is 0 Å². The number of halogens is 1. The van der Waals surface area contributed by atoms with Crippen molar-refractivity contribution in [3.63, 3.8) is 0 Å². The minimum absolute atomic E-state index is 0.0371. The first-order chi connectivity index (χ1) is 13.8. The van der Waals surface area contributed by atoms with Crippen LogP contribution in [0.4, 0.5) is 5.13 Å². The summed E-state index contributed by atoms with van der Waals surface area (Å²) in [6.07, 6.45) is 4.46. The predicted molar refractivity (Wildman–Crippen MR) is 119 cm³/mol. The molecule has 0 spiro atoms. The van der Waals surface area contributed by atoms with Crippen molar-refractivity contribution in [3.8, 4) is 11.3 Å². The summed E-state index contributed by atoms with van der Waals surface area (Å²) in [5.41, 5.74) is 3.12. The zero-order chi connectivity index (χ0) is 21.0. The van der Waals surface area contributed by atoms with Crippen molar-refractivity contribution in [1.82, 2.24) is 4.98 Å². The fourth-order valence-corrected chi connectivity index (χ4v) is 4.33. The number of hydrogen-bond acceptors (Lipinski definition) is 5. The van der Waals surface area contributed by atoms with Crippen LogP contribution in [0.25, 0.3) is 11.3 Å². The van der Waals surface area contributed by atoms with Gasteiger partial charge in [0.2, 0.25) is 0 Å². The average Bonchev–Trinajstić information content (AvgIpc) is 3.14. The lowest BCUT2D eigenvalue weighted by molar-refractivity contribution is 0.102. The van der Waals surface area contributed by atoms with Gasteiger partial charge in [0.05, 0.1) is 21.2 Å². The number of carbonyl (C=O) groups excluding carboxylic acids is 1. The van der Waals surface area contributed by atoms with Gasteiger partial charge in [0, 0.05) is 17.2 Å². The van der Waals surface area contributed by atoms with Crippen molar-refractivity contribution in [2.75, 3.05) is 11.6 Å². The summed E-state index contributed by atoms with van der Waals surface area (Å²) in [6, 6.07) is 12.3. The topological polar surface area (TPSA) is 76.1 Å². The standard InChI is InChI=1S/C21H21ClN2O3S2/c1-3-4-5-14-6-8-15(9-7-14)19-13-28-21(23-19)24-20(25)17-12-16(29(2,26)27)10-11-18(17)22/h6-13H,3-5H2,1-2H3,(H,23,24,25). The maximum absolute atomic E-state index is 12.6. The lowest BCUT2D eigenvalue weighted by atomic mass is 10.1. The van der Waals surface area contributed by atoms with Gasteiger partial charge in [-0.2, -0.15) is 0 Å². The number of sulfone groups is 1. The van der Waals surface area contributed by atoms with E-state index in [0.29, 0.717) is 5.13 Å². The number of aryl methyl sites for hydroxylation is 1. The highest BCUT2D eigenvalue weighted by Gasteiger charge is 2.17. The Balaban J connectivity index is 1.76. The van der Waals surface area contributed by atoms with E-state index in [4.69, 9.17) is 11.6 Å². The third-order valence-corrected chi connectivity index (χ3v) is 6.60. The van der Waals surface area contributed by atoms with E-state index in [0.717, 1.165) is 36.8 Å². The van der Waals surface area contributed by atoms with Crippen molar-refractivity contribution in [1.29, 1.82) is 0 Å². The van der Waals surface area contributed by atoms with Crippen LogP contribution in [0.15, 0.2) is 52.7 Å². The lowest BCUT2D eigenvalue weighted by Crippen LogP contribution is -2.13. The summed E-state index contributed by atoms with van der Waals surface area (Å²) >= 11 is 7.38. The monoisotopic (exact) mass is 448 g/mol. The summed E-state index contributed by atoms with van der Waals surface area (Å²) in [7, 11) is -3.44. The van der Waals surface area contributed by atoms with E-state index in [-0.39, 0.29) is 15.5 Å². The average molecular weight is 449 g/mol. The summed E-state index contributed by atoms with van der Waals surface area (Å²) in [5, 5.41) is 5.16.